The Morgan fingerprint density at radius 2 is 2.09 bits per heavy atom. The maximum absolute atomic E-state index is 12.6. The van der Waals surface area contributed by atoms with Crippen molar-refractivity contribution >= 4 is 29.3 Å². The van der Waals surface area contributed by atoms with Crippen LogP contribution in [0.4, 0.5) is 5.69 Å². The van der Waals surface area contributed by atoms with E-state index in [1.165, 1.54) is 0 Å². The Kier molecular flexibility index (Phi) is 4.69. The number of para-hydroxylation sites is 1. The number of carboxylic acids is 1. The number of hydrogen-bond acceptors (Lipinski definition) is 4. The van der Waals surface area contributed by atoms with Crippen LogP contribution in [0.25, 0.3) is 0 Å². The zero-order valence-electron chi connectivity index (χ0n) is 12.4. The van der Waals surface area contributed by atoms with E-state index in [1.54, 1.807) is 11.8 Å². The predicted octanol–water partition coefficient (Wildman–Crippen LogP) is 1.92. The number of carbonyl (C=O) groups excluding carboxylic acids is 1. The number of aliphatic carboxylic acids is 1. The van der Waals surface area contributed by atoms with Crippen LogP contribution >= 0.6 is 11.8 Å². The number of fused-ring (bicyclic) bond motifs is 1. The summed E-state index contributed by atoms with van der Waals surface area (Å²) in [4.78, 5) is 28.7. The molecule has 3 rings (SSSR count). The number of anilines is 1. The lowest BCUT2D eigenvalue weighted by molar-refractivity contribution is -0.144. The zero-order valence-corrected chi connectivity index (χ0v) is 13.2. The molecule has 1 fully saturated rings. The van der Waals surface area contributed by atoms with Crippen molar-refractivity contribution in [2.75, 3.05) is 36.8 Å². The number of hydrogen-bond donors (Lipinski definition) is 1. The van der Waals surface area contributed by atoms with E-state index in [-0.39, 0.29) is 11.8 Å². The Bertz CT molecular complexity index is 578. The molecule has 22 heavy (non-hydrogen) atoms. The first-order chi connectivity index (χ1) is 10.6. The molecule has 1 aromatic carbocycles. The van der Waals surface area contributed by atoms with Gasteiger partial charge in [-0.3, -0.25) is 14.5 Å². The van der Waals surface area contributed by atoms with Crippen molar-refractivity contribution in [2.45, 2.75) is 17.7 Å². The third kappa shape index (κ3) is 3.28. The summed E-state index contributed by atoms with van der Waals surface area (Å²) in [5.74, 6) is -0.123. The number of carbonyl (C=O) groups is 2. The topological polar surface area (TPSA) is 60.9 Å². The average molecular weight is 320 g/mol. The van der Waals surface area contributed by atoms with Gasteiger partial charge in [-0.05, 0) is 31.5 Å². The van der Waals surface area contributed by atoms with Gasteiger partial charge in [0.2, 0.25) is 5.91 Å². The summed E-state index contributed by atoms with van der Waals surface area (Å²) in [6.07, 6.45) is 1.56. The van der Waals surface area contributed by atoms with E-state index in [1.807, 2.05) is 34.1 Å². The Morgan fingerprint density at radius 1 is 1.27 bits per heavy atom. The highest BCUT2D eigenvalue weighted by molar-refractivity contribution is 7.99. The fourth-order valence-corrected chi connectivity index (χ4v) is 4.10. The van der Waals surface area contributed by atoms with Gasteiger partial charge >= 0.3 is 5.97 Å². The van der Waals surface area contributed by atoms with E-state index in [0.29, 0.717) is 19.5 Å². The molecule has 118 valence electrons. The monoisotopic (exact) mass is 320 g/mol. The summed E-state index contributed by atoms with van der Waals surface area (Å²) in [5, 5.41) is 9.14. The highest BCUT2D eigenvalue weighted by atomic mass is 32.2. The number of amides is 1. The number of nitrogens with zero attached hydrogens (tertiary/aromatic N) is 2. The minimum absolute atomic E-state index is 0.0683. The summed E-state index contributed by atoms with van der Waals surface area (Å²) in [6.45, 7) is 2.31. The summed E-state index contributed by atoms with van der Waals surface area (Å²) >= 11 is 1.78. The molecular formula is C16H20N2O3S. The highest BCUT2D eigenvalue weighted by Gasteiger charge is 2.29. The van der Waals surface area contributed by atoms with Gasteiger partial charge in [0.1, 0.15) is 0 Å². The minimum Gasteiger partial charge on any atom is -0.481 e. The molecule has 0 radical (unpaired) electrons. The van der Waals surface area contributed by atoms with Crippen LogP contribution in [0.2, 0.25) is 0 Å². The van der Waals surface area contributed by atoms with E-state index < -0.39 is 5.97 Å². The zero-order chi connectivity index (χ0) is 15.5. The Hall–Kier alpha value is -1.53. The van der Waals surface area contributed by atoms with Gasteiger partial charge in [0.15, 0.2) is 0 Å². The molecule has 0 aromatic heterocycles. The van der Waals surface area contributed by atoms with Crippen molar-refractivity contribution in [2.24, 2.45) is 5.92 Å². The molecule has 6 heteroatoms. The molecule has 0 saturated carbocycles. The van der Waals surface area contributed by atoms with E-state index in [4.69, 9.17) is 5.11 Å². The molecule has 1 aromatic rings. The fraction of sp³-hybridized carbons (Fsp3) is 0.500. The maximum atomic E-state index is 12.6. The number of piperidine rings is 1. The van der Waals surface area contributed by atoms with Crippen LogP contribution in [0.3, 0.4) is 0 Å². The van der Waals surface area contributed by atoms with Crippen LogP contribution in [-0.2, 0) is 9.59 Å². The first kappa shape index (κ1) is 15.4. The summed E-state index contributed by atoms with van der Waals surface area (Å²) < 4.78 is 0. The molecule has 1 N–H and O–H groups in total. The van der Waals surface area contributed by atoms with E-state index in [2.05, 4.69) is 0 Å². The van der Waals surface area contributed by atoms with Crippen molar-refractivity contribution in [1.29, 1.82) is 0 Å². The SMILES string of the molecule is O=C(O)[C@@H]1CCCN(CC(=O)N2CCSc3ccccc32)C1. The standard InChI is InChI=1S/C16H20N2O3S/c19-15(11-17-7-3-4-12(10-17)16(20)21)18-8-9-22-14-6-2-1-5-13(14)18/h1-2,5-6,12H,3-4,7-11H2,(H,20,21)/t12-/m1/s1. The molecule has 1 saturated heterocycles. The predicted molar refractivity (Wildman–Crippen MR) is 86.3 cm³/mol. The fourth-order valence-electron chi connectivity index (χ4n) is 3.11. The molecule has 0 spiro atoms. The van der Waals surface area contributed by atoms with E-state index in [9.17, 15) is 9.59 Å². The summed E-state index contributed by atoms with van der Waals surface area (Å²) in [7, 11) is 0. The molecule has 1 atom stereocenters. The Balaban J connectivity index is 1.67. The smallest absolute Gasteiger partial charge is 0.307 e. The van der Waals surface area contributed by atoms with Gasteiger partial charge in [-0.25, -0.2) is 0 Å². The van der Waals surface area contributed by atoms with Crippen LogP contribution < -0.4 is 4.90 Å². The van der Waals surface area contributed by atoms with Crippen LogP contribution in [-0.4, -0.2) is 53.8 Å². The van der Waals surface area contributed by atoms with Gasteiger partial charge < -0.3 is 10.0 Å². The van der Waals surface area contributed by atoms with Crippen LogP contribution in [0.1, 0.15) is 12.8 Å². The van der Waals surface area contributed by atoms with Crippen molar-refractivity contribution in [1.82, 2.24) is 4.90 Å². The van der Waals surface area contributed by atoms with E-state index in [0.717, 1.165) is 35.8 Å². The number of rotatable bonds is 3. The molecule has 1 amide bonds. The van der Waals surface area contributed by atoms with Crippen molar-refractivity contribution in [3.8, 4) is 0 Å². The largest absolute Gasteiger partial charge is 0.481 e. The number of carboxylic acid groups (broad SMARTS) is 1. The second kappa shape index (κ2) is 6.71. The molecule has 2 heterocycles. The lowest BCUT2D eigenvalue weighted by atomic mass is 9.98. The second-order valence-corrected chi connectivity index (χ2v) is 6.91. The molecule has 5 nitrogen and oxygen atoms in total. The van der Waals surface area contributed by atoms with E-state index >= 15 is 0 Å². The van der Waals surface area contributed by atoms with Crippen molar-refractivity contribution < 1.29 is 14.7 Å². The number of thioether (sulfide) groups is 1. The molecular weight excluding hydrogens is 300 g/mol. The molecule has 0 aliphatic carbocycles. The average Bonchev–Trinajstić information content (AvgIpc) is 2.54. The second-order valence-electron chi connectivity index (χ2n) is 5.77. The summed E-state index contributed by atoms with van der Waals surface area (Å²) in [6, 6.07) is 7.96. The number of likely N-dealkylation sites (tertiary alicyclic amines) is 1. The Labute approximate surface area is 134 Å². The molecule has 2 aliphatic rings. The van der Waals surface area contributed by atoms with Gasteiger partial charge in [-0.2, -0.15) is 0 Å². The van der Waals surface area contributed by atoms with Gasteiger partial charge in [0.05, 0.1) is 18.2 Å². The quantitative estimate of drug-likeness (QED) is 0.922. The minimum atomic E-state index is -0.753. The van der Waals surface area contributed by atoms with Gasteiger partial charge in [-0.15, -0.1) is 11.8 Å². The maximum Gasteiger partial charge on any atom is 0.307 e. The summed E-state index contributed by atoms with van der Waals surface area (Å²) in [5.41, 5.74) is 0.982. The van der Waals surface area contributed by atoms with Gasteiger partial charge in [0.25, 0.3) is 0 Å². The van der Waals surface area contributed by atoms with Crippen LogP contribution in [0.15, 0.2) is 29.2 Å². The molecule has 0 unspecified atom stereocenters. The molecule has 0 bridgehead atoms. The number of benzene rings is 1. The van der Waals surface area contributed by atoms with Crippen molar-refractivity contribution in [3.63, 3.8) is 0 Å². The first-order valence-electron chi connectivity index (χ1n) is 7.62. The first-order valence-corrected chi connectivity index (χ1v) is 8.61. The molecule has 2 aliphatic heterocycles. The van der Waals surface area contributed by atoms with Crippen LogP contribution in [0, 0.1) is 5.92 Å². The Morgan fingerprint density at radius 3 is 2.91 bits per heavy atom. The van der Waals surface area contributed by atoms with Crippen LogP contribution in [0.5, 0.6) is 0 Å². The third-order valence-electron chi connectivity index (χ3n) is 4.24. The lowest BCUT2D eigenvalue weighted by Gasteiger charge is -2.34. The van der Waals surface area contributed by atoms with Gasteiger partial charge in [0, 0.05) is 23.7 Å². The third-order valence-corrected chi connectivity index (χ3v) is 5.29. The van der Waals surface area contributed by atoms with Gasteiger partial charge in [-0.1, -0.05) is 12.1 Å². The normalized spacial score (nSPS) is 22.2. The highest BCUT2D eigenvalue weighted by Crippen LogP contribution is 2.34. The lowest BCUT2D eigenvalue weighted by Crippen LogP contribution is -2.46. The van der Waals surface area contributed by atoms with Crippen molar-refractivity contribution in [3.05, 3.63) is 24.3 Å².